The number of nitrogens with one attached hydrogen (secondary N) is 1. The van der Waals surface area contributed by atoms with Crippen LogP contribution in [0, 0.1) is 11.7 Å². The number of hydrogen-bond donors (Lipinski definition) is 1. The molecule has 0 saturated carbocycles. The molecule has 2 rings (SSSR count). The van der Waals surface area contributed by atoms with Gasteiger partial charge in [0.2, 0.25) is 0 Å². The van der Waals surface area contributed by atoms with Gasteiger partial charge in [-0.2, -0.15) is 0 Å². The Bertz CT molecular complexity index is 419. The van der Waals surface area contributed by atoms with E-state index in [1.165, 1.54) is 0 Å². The van der Waals surface area contributed by atoms with Crippen molar-refractivity contribution in [3.8, 4) is 0 Å². The Labute approximate surface area is 121 Å². The zero-order chi connectivity index (χ0) is 14.4. The summed E-state index contributed by atoms with van der Waals surface area (Å²) in [7, 11) is 2.10. The number of halogens is 1. The smallest absolute Gasteiger partial charge is 0.123 e. The minimum atomic E-state index is -0.166. The number of nitrogens with zero attached hydrogens (tertiary/aromatic N) is 1. The maximum Gasteiger partial charge on any atom is 0.123 e. The van der Waals surface area contributed by atoms with Gasteiger partial charge in [-0.15, -0.1) is 0 Å². The van der Waals surface area contributed by atoms with Crippen LogP contribution in [-0.2, 0) is 11.3 Å². The third kappa shape index (κ3) is 4.18. The average molecular weight is 280 g/mol. The van der Waals surface area contributed by atoms with Crippen LogP contribution in [0.15, 0.2) is 18.2 Å². The molecule has 0 unspecified atom stereocenters. The van der Waals surface area contributed by atoms with Gasteiger partial charge in [-0.3, -0.25) is 0 Å². The number of ether oxygens (including phenoxy) is 1. The molecule has 0 radical (unpaired) electrons. The molecule has 1 fully saturated rings. The van der Waals surface area contributed by atoms with E-state index in [0.29, 0.717) is 12.5 Å². The van der Waals surface area contributed by atoms with Crippen molar-refractivity contribution >= 4 is 5.69 Å². The van der Waals surface area contributed by atoms with E-state index in [1.807, 2.05) is 6.07 Å². The molecule has 112 valence electrons. The molecular weight excluding hydrogens is 255 g/mol. The highest BCUT2D eigenvalue weighted by atomic mass is 19.1. The van der Waals surface area contributed by atoms with Crippen molar-refractivity contribution in [2.24, 2.45) is 5.92 Å². The largest absolute Gasteiger partial charge is 0.381 e. The molecule has 0 aliphatic carbocycles. The summed E-state index contributed by atoms with van der Waals surface area (Å²) in [4.78, 5) is 2.25. The second-order valence-electron chi connectivity index (χ2n) is 5.49. The lowest BCUT2D eigenvalue weighted by Crippen LogP contribution is -2.30. The van der Waals surface area contributed by atoms with Gasteiger partial charge in [0.25, 0.3) is 0 Å². The molecule has 1 aliphatic heterocycles. The van der Waals surface area contributed by atoms with Gasteiger partial charge >= 0.3 is 0 Å². The number of benzene rings is 1. The predicted molar refractivity (Wildman–Crippen MR) is 80.6 cm³/mol. The molecule has 4 heteroatoms. The summed E-state index contributed by atoms with van der Waals surface area (Å²) in [5, 5.41) is 3.28. The van der Waals surface area contributed by atoms with Crippen LogP contribution in [0.25, 0.3) is 0 Å². The highest BCUT2D eigenvalue weighted by molar-refractivity contribution is 5.53. The molecule has 1 aromatic carbocycles. The monoisotopic (exact) mass is 280 g/mol. The summed E-state index contributed by atoms with van der Waals surface area (Å²) < 4.78 is 18.8. The summed E-state index contributed by atoms with van der Waals surface area (Å²) in [6.07, 6.45) is 2.24. The van der Waals surface area contributed by atoms with Crippen LogP contribution in [0.5, 0.6) is 0 Å². The van der Waals surface area contributed by atoms with Crippen LogP contribution in [-0.4, -0.2) is 33.4 Å². The second kappa shape index (κ2) is 7.60. The van der Waals surface area contributed by atoms with Gasteiger partial charge in [0.1, 0.15) is 5.82 Å². The van der Waals surface area contributed by atoms with Gasteiger partial charge < -0.3 is 15.0 Å². The van der Waals surface area contributed by atoms with Gasteiger partial charge in [0, 0.05) is 39.0 Å². The number of rotatable bonds is 6. The summed E-state index contributed by atoms with van der Waals surface area (Å²) in [6, 6.07) is 5.07. The fourth-order valence-corrected chi connectivity index (χ4v) is 2.74. The highest BCUT2D eigenvalue weighted by Gasteiger charge is 2.17. The lowest BCUT2D eigenvalue weighted by atomic mass is 9.99. The Morgan fingerprint density at radius 3 is 2.80 bits per heavy atom. The normalized spacial score (nSPS) is 16.4. The zero-order valence-corrected chi connectivity index (χ0v) is 12.5. The SMILES string of the molecule is CCNCc1cc(F)ccc1N(C)CC1CCOCC1. The summed E-state index contributed by atoms with van der Waals surface area (Å²) in [5.41, 5.74) is 2.15. The molecule has 0 bridgehead atoms. The quantitative estimate of drug-likeness (QED) is 0.867. The van der Waals surface area contributed by atoms with Crippen molar-refractivity contribution in [3.63, 3.8) is 0 Å². The van der Waals surface area contributed by atoms with Crippen LogP contribution >= 0.6 is 0 Å². The molecule has 0 spiro atoms. The average Bonchev–Trinajstić information content (AvgIpc) is 2.46. The molecule has 0 atom stereocenters. The van der Waals surface area contributed by atoms with Crippen LogP contribution in [0.1, 0.15) is 25.3 Å². The van der Waals surface area contributed by atoms with E-state index in [0.717, 1.165) is 50.4 Å². The van der Waals surface area contributed by atoms with E-state index < -0.39 is 0 Å². The van der Waals surface area contributed by atoms with Crippen molar-refractivity contribution in [2.45, 2.75) is 26.3 Å². The Morgan fingerprint density at radius 1 is 1.35 bits per heavy atom. The molecule has 20 heavy (non-hydrogen) atoms. The summed E-state index contributed by atoms with van der Waals surface area (Å²) >= 11 is 0. The van der Waals surface area contributed by atoms with Gasteiger partial charge in [-0.1, -0.05) is 6.92 Å². The molecule has 0 aromatic heterocycles. The summed E-state index contributed by atoms with van der Waals surface area (Å²) in [5.74, 6) is 0.506. The van der Waals surface area contributed by atoms with Crippen LogP contribution in [0.4, 0.5) is 10.1 Å². The third-order valence-electron chi connectivity index (χ3n) is 3.89. The molecule has 3 nitrogen and oxygen atoms in total. The first-order valence-corrected chi connectivity index (χ1v) is 7.48. The van der Waals surface area contributed by atoms with E-state index in [2.05, 4.69) is 24.2 Å². The molecular formula is C16H25FN2O. The van der Waals surface area contributed by atoms with Crippen molar-refractivity contribution < 1.29 is 9.13 Å². The standard InChI is InChI=1S/C16H25FN2O/c1-3-18-11-14-10-15(17)4-5-16(14)19(2)12-13-6-8-20-9-7-13/h4-5,10,13,18H,3,6-9,11-12H2,1-2H3. The second-order valence-corrected chi connectivity index (χ2v) is 5.49. The minimum Gasteiger partial charge on any atom is -0.381 e. The predicted octanol–water partition coefficient (Wildman–Crippen LogP) is 2.80. The Morgan fingerprint density at radius 2 is 2.10 bits per heavy atom. The maximum absolute atomic E-state index is 13.4. The maximum atomic E-state index is 13.4. The topological polar surface area (TPSA) is 24.5 Å². The lowest BCUT2D eigenvalue weighted by Gasteiger charge is -2.29. The van der Waals surface area contributed by atoms with Gasteiger partial charge in [-0.05, 0) is 49.1 Å². The van der Waals surface area contributed by atoms with Crippen LogP contribution in [0.3, 0.4) is 0 Å². The Hall–Kier alpha value is -1.13. The highest BCUT2D eigenvalue weighted by Crippen LogP contribution is 2.24. The first-order chi connectivity index (χ1) is 9.70. The van der Waals surface area contributed by atoms with Crippen LogP contribution < -0.4 is 10.2 Å². The first kappa shape index (κ1) is 15.3. The summed E-state index contributed by atoms with van der Waals surface area (Å²) in [6.45, 7) is 6.40. The minimum absolute atomic E-state index is 0.166. The fourth-order valence-electron chi connectivity index (χ4n) is 2.74. The number of hydrogen-bond acceptors (Lipinski definition) is 3. The zero-order valence-electron chi connectivity index (χ0n) is 12.5. The van der Waals surface area contributed by atoms with E-state index >= 15 is 0 Å². The van der Waals surface area contributed by atoms with Gasteiger partial charge in [0.15, 0.2) is 0 Å². The van der Waals surface area contributed by atoms with E-state index in [4.69, 9.17) is 4.74 Å². The van der Waals surface area contributed by atoms with Crippen molar-refractivity contribution in [2.75, 3.05) is 38.3 Å². The van der Waals surface area contributed by atoms with E-state index in [9.17, 15) is 4.39 Å². The van der Waals surface area contributed by atoms with E-state index in [-0.39, 0.29) is 5.82 Å². The van der Waals surface area contributed by atoms with Crippen molar-refractivity contribution in [3.05, 3.63) is 29.6 Å². The number of anilines is 1. The first-order valence-electron chi connectivity index (χ1n) is 7.48. The molecule has 1 N–H and O–H groups in total. The fraction of sp³-hybridized carbons (Fsp3) is 0.625. The Kier molecular flexibility index (Phi) is 5.80. The third-order valence-corrected chi connectivity index (χ3v) is 3.89. The molecule has 1 saturated heterocycles. The molecule has 0 amide bonds. The lowest BCUT2D eigenvalue weighted by molar-refractivity contribution is 0.0685. The van der Waals surface area contributed by atoms with Gasteiger partial charge in [-0.25, -0.2) is 4.39 Å². The van der Waals surface area contributed by atoms with E-state index in [1.54, 1.807) is 12.1 Å². The molecule has 1 aliphatic rings. The van der Waals surface area contributed by atoms with Crippen molar-refractivity contribution in [1.29, 1.82) is 0 Å². The van der Waals surface area contributed by atoms with Crippen molar-refractivity contribution in [1.82, 2.24) is 5.32 Å². The Balaban J connectivity index is 2.05. The molecule has 1 heterocycles. The van der Waals surface area contributed by atoms with Gasteiger partial charge in [0.05, 0.1) is 0 Å². The molecule has 1 aromatic rings. The van der Waals surface area contributed by atoms with Crippen LogP contribution in [0.2, 0.25) is 0 Å².